The van der Waals surface area contributed by atoms with Crippen molar-refractivity contribution in [1.82, 2.24) is 0 Å². The van der Waals surface area contributed by atoms with E-state index in [9.17, 15) is 14.3 Å². The van der Waals surface area contributed by atoms with Crippen LogP contribution in [0.15, 0.2) is 36.4 Å². The number of rotatable bonds is 4. The zero-order valence-corrected chi connectivity index (χ0v) is 11.3. The van der Waals surface area contributed by atoms with Crippen LogP contribution in [0.25, 0.3) is 0 Å². The summed E-state index contributed by atoms with van der Waals surface area (Å²) in [4.78, 5) is 11.6. The molecule has 1 N–H and O–H groups in total. The van der Waals surface area contributed by atoms with Crippen LogP contribution in [0.1, 0.15) is 28.4 Å². The van der Waals surface area contributed by atoms with Gasteiger partial charge >= 0.3 is 0 Å². The summed E-state index contributed by atoms with van der Waals surface area (Å²) in [5.41, 5.74) is 1.18. The van der Waals surface area contributed by atoms with Crippen molar-refractivity contribution in [1.29, 1.82) is 0 Å². The van der Waals surface area contributed by atoms with Gasteiger partial charge in [-0.1, -0.05) is 18.2 Å². The number of aliphatic hydroxyl groups is 1. The lowest BCUT2D eigenvalue weighted by Gasteiger charge is -2.13. The van der Waals surface area contributed by atoms with Crippen molar-refractivity contribution in [2.24, 2.45) is 0 Å². The molecule has 0 atom stereocenters. The van der Waals surface area contributed by atoms with Gasteiger partial charge in [-0.2, -0.15) is 0 Å². The van der Waals surface area contributed by atoms with Gasteiger partial charge in [0.1, 0.15) is 17.3 Å². The average Bonchev–Trinajstić information content (AvgIpc) is 2.43. The number of Topliss-reactive ketones (excluding diaryl/α,β-unsaturated/α-hetero) is 1. The smallest absolute Gasteiger partial charge is 0.163 e. The van der Waals surface area contributed by atoms with Gasteiger partial charge < -0.3 is 9.84 Å². The Morgan fingerprint density at radius 1 is 1.25 bits per heavy atom. The summed E-state index contributed by atoms with van der Waals surface area (Å²) in [6.45, 7) is 2.78. The molecule has 0 saturated carbocycles. The van der Waals surface area contributed by atoms with Crippen LogP contribution in [0, 0.1) is 12.7 Å². The van der Waals surface area contributed by atoms with E-state index in [0.717, 1.165) is 0 Å². The fourth-order valence-corrected chi connectivity index (χ4v) is 1.87. The Morgan fingerprint density at radius 3 is 2.60 bits per heavy atom. The maximum Gasteiger partial charge on any atom is 0.163 e. The number of hydrogen-bond acceptors (Lipinski definition) is 3. The van der Waals surface area contributed by atoms with Crippen molar-refractivity contribution in [3.63, 3.8) is 0 Å². The lowest BCUT2D eigenvalue weighted by Crippen LogP contribution is -2.01. The number of ether oxygens (including phenoxy) is 1. The van der Waals surface area contributed by atoms with E-state index in [0.29, 0.717) is 16.9 Å². The lowest BCUT2D eigenvalue weighted by atomic mass is 10.1. The largest absolute Gasteiger partial charge is 0.456 e. The molecular formula is C16H15FO3. The highest BCUT2D eigenvalue weighted by atomic mass is 19.1. The first-order chi connectivity index (χ1) is 9.52. The monoisotopic (exact) mass is 274 g/mol. The summed E-state index contributed by atoms with van der Waals surface area (Å²) in [5, 5.41) is 9.27. The normalized spacial score (nSPS) is 10.4. The minimum absolute atomic E-state index is 0.175. The molecule has 0 aromatic heterocycles. The van der Waals surface area contributed by atoms with Crippen LogP contribution in [-0.4, -0.2) is 10.9 Å². The molecule has 3 nitrogen and oxygen atoms in total. The minimum Gasteiger partial charge on any atom is -0.456 e. The molecule has 0 bridgehead atoms. The Balaban J connectivity index is 2.47. The Hall–Kier alpha value is -2.20. The summed E-state index contributed by atoms with van der Waals surface area (Å²) >= 11 is 0. The summed E-state index contributed by atoms with van der Waals surface area (Å²) in [6, 6.07) is 9.61. The SMILES string of the molecule is CC(=O)c1cc(F)c(C)cc1Oc1ccccc1CO. The highest BCUT2D eigenvalue weighted by Crippen LogP contribution is 2.30. The number of para-hydroxylation sites is 1. The molecule has 0 aliphatic rings. The van der Waals surface area contributed by atoms with Gasteiger partial charge in [-0.05, 0) is 37.6 Å². The molecule has 0 heterocycles. The maximum absolute atomic E-state index is 13.6. The number of benzene rings is 2. The molecule has 0 aliphatic heterocycles. The first-order valence-electron chi connectivity index (χ1n) is 6.20. The molecule has 104 valence electrons. The quantitative estimate of drug-likeness (QED) is 0.866. The third-order valence-corrected chi connectivity index (χ3v) is 3.00. The second kappa shape index (κ2) is 5.84. The van der Waals surface area contributed by atoms with Crippen LogP contribution in [-0.2, 0) is 6.61 Å². The number of carbonyl (C=O) groups excluding carboxylic acids is 1. The number of aryl methyl sites for hydroxylation is 1. The van der Waals surface area contributed by atoms with Gasteiger partial charge in [-0.3, -0.25) is 4.79 Å². The number of hydrogen-bond donors (Lipinski definition) is 1. The molecule has 0 aliphatic carbocycles. The van der Waals surface area contributed by atoms with E-state index in [1.54, 1.807) is 31.2 Å². The molecular weight excluding hydrogens is 259 g/mol. The molecule has 0 unspecified atom stereocenters. The van der Waals surface area contributed by atoms with Crippen LogP contribution >= 0.6 is 0 Å². The van der Waals surface area contributed by atoms with Crippen molar-refractivity contribution < 1.29 is 19.0 Å². The minimum atomic E-state index is -0.446. The molecule has 0 saturated heterocycles. The highest BCUT2D eigenvalue weighted by molar-refractivity contribution is 5.97. The molecule has 20 heavy (non-hydrogen) atoms. The maximum atomic E-state index is 13.6. The second-order valence-electron chi connectivity index (χ2n) is 4.52. The van der Waals surface area contributed by atoms with Crippen molar-refractivity contribution in [3.05, 3.63) is 58.9 Å². The van der Waals surface area contributed by atoms with E-state index < -0.39 is 5.82 Å². The summed E-state index contributed by atoms with van der Waals surface area (Å²) < 4.78 is 19.2. The average molecular weight is 274 g/mol. The van der Waals surface area contributed by atoms with Gasteiger partial charge in [-0.25, -0.2) is 4.39 Å². The summed E-state index contributed by atoms with van der Waals surface area (Å²) in [5.74, 6) is 0.0131. The van der Waals surface area contributed by atoms with Crippen LogP contribution < -0.4 is 4.74 Å². The second-order valence-corrected chi connectivity index (χ2v) is 4.52. The number of carbonyl (C=O) groups is 1. The Kier molecular flexibility index (Phi) is 4.15. The third-order valence-electron chi connectivity index (χ3n) is 3.00. The first-order valence-corrected chi connectivity index (χ1v) is 6.20. The van der Waals surface area contributed by atoms with E-state index >= 15 is 0 Å². The van der Waals surface area contributed by atoms with E-state index in [1.165, 1.54) is 19.1 Å². The fraction of sp³-hybridized carbons (Fsp3) is 0.188. The lowest BCUT2D eigenvalue weighted by molar-refractivity contribution is 0.101. The zero-order valence-electron chi connectivity index (χ0n) is 11.3. The molecule has 0 spiro atoms. The molecule has 4 heteroatoms. The number of aliphatic hydroxyl groups excluding tert-OH is 1. The van der Waals surface area contributed by atoms with Gasteiger partial charge in [-0.15, -0.1) is 0 Å². The van der Waals surface area contributed by atoms with Gasteiger partial charge in [0.25, 0.3) is 0 Å². The summed E-state index contributed by atoms with van der Waals surface area (Å²) in [6.07, 6.45) is 0. The summed E-state index contributed by atoms with van der Waals surface area (Å²) in [7, 11) is 0. The fourth-order valence-electron chi connectivity index (χ4n) is 1.87. The molecule has 0 fully saturated rings. The van der Waals surface area contributed by atoms with Gasteiger partial charge in [0.15, 0.2) is 5.78 Å². The predicted octanol–water partition coefficient (Wildman–Crippen LogP) is 3.62. The van der Waals surface area contributed by atoms with E-state index in [2.05, 4.69) is 0 Å². The van der Waals surface area contributed by atoms with E-state index in [-0.39, 0.29) is 23.7 Å². The van der Waals surface area contributed by atoms with E-state index in [1.807, 2.05) is 0 Å². The van der Waals surface area contributed by atoms with Crippen LogP contribution in [0.5, 0.6) is 11.5 Å². The van der Waals surface area contributed by atoms with Gasteiger partial charge in [0, 0.05) is 5.56 Å². The van der Waals surface area contributed by atoms with Gasteiger partial charge in [0.05, 0.1) is 12.2 Å². The Morgan fingerprint density at radius 2 is 1.95 bits per heavy atom. The zero-order chi connectivity index (χ0) is 14.7. The third kappa shape index (κ3) is 2.86. The topological polar surface area (TPSA) is 46.5 Å². The Bertz CT molecular complexity index is 650. The van der Waals surface area contributed by atoms with Crippen molar-refractivity contribution in [3.8, 4) is 11.5 Å². The van der Waals surface area contributed by atoms with Gasteiger partial charge in [0.2, 0.25) is 0 Å². The molecule has 2 aromatic rings. The van der Waals surface area contributed by atoms with Crippen molar-refractivity contribution in [2.45, 2.75) is 20.5 Å². The van der Waals surface area contributed by atoms with Crippen LogP contribution in [0.4, 0.5) is 4.39 Å². The molecule has 0 radical (unpaired) electrons. The Labute approximate surface area is 116 Å². The molecule has 2 rings (SSSR count). The van der Waals surface area contributed by atoms with Crippen LogP contribution in [0.3, 0.4) is 0 Å². The van der Waals surface area contributed by atoms with E-state index in [4.69, 9.17) is 4.74 Å². The highest BCUT2D eigenvalue weighted by Gasteiger charge is 2.14. The molecule has 0 amide bonds. The number of halogens is 1. The standard InChI is InChI=1S/C16H15FO3/c1-10-7-16(13(11(2)19)8-14(10)17)20-15-6-4-3-5-12(15)9-18/h3-8,18H,9H2,1-2H3. The number of ketones is 1. The molecule has 2 aromatic carbocycles. The van der Waals surface area contributed by atoms with Crippen LogP contribution in [0.2, 0.25) is 0 Å². The van der Waals surface area contributed by atoms with Crippen molar-refractivity contribution in [2.75, 3.05) is 0 Å². The van der Waals surface area contributed by atoms with Crippen molar-refractivity contribution >= 4 is 5.78 Å². The first kappa shape index (κ1) is 14.2. The predicted molar refractivity (Wildman–Crippen MR) is 73.6 cm³/mol.